The summed E-state index contributed by atoms with van der Waals surface area (Å²) in [7, 11) is 0. The predicted molar refractivity (Wildman–Crippen MR) is 96.3 cm³/mol. The maximum atomic E-state index is 12.3. The van der Waals surface area contributed by atoms with Gasteiger partial charge in [0.1, 0.15) is 10.8 Å². The van der Waals surface area contributed by atoms with Crippen LogP contribution in [0.15, 0.2) is 23.6 Å². The van der Waals surface area contributed by atoms with E-state index in [9.17, 15) is 9.59 Å². The Hall–Kier alpha value is -2.41. The molecule has 1 heterocycles. The lowest BCUT2D eigenvalue weighted by atomic mass is 10.0. The first-order chi connectivity index (χ1) is 11.8. The number of carboxylic acids is 1. The fourth-order valence-electron chi connectivity index (χ4n) is 2.26. The highest BCUT2D eigenvalue weighted by molar-refractivity contribution is 7.09. The lowest BCUT2D eigenvalue weighted by Crippen LogP contribution is -2.36. The number of benzene rings is 1. The number of hydrogen-bond donors (Lipinski definition) is 2. The Morgan fingerprint density at radius 2 is 2.04 bits per heavy atom. The Morgan fingerprint density at radius 3 is 2.64 bits per heavy atom. The first-order valence-electron chi connectivity index (χ1n) is 8.00. The van der Waals surface area contributed by atoms with Gasteiger partial charge in [0.05, 0.1) is 6.54 Å². The zero-order valence-electron chi connectivity index (χ0n) is 14.7. The standard InChI is InChI=1S/C18H22N2O4S/c1-10(2)13-6-5-11(3)7-15(13)24-12(4)17(21)19-8-16-20-14(9-25-16)18(22)23/h5-7,9-10,12H,8H2,1-4H3,(H,19,21)(H,22,23). The van der Waals surface area contributed by atoms with E-state index in [4.69, 9.17) is 9.84 Å². The van der Waals surface area contributed by atoms with Gasteiger partial charge in [0.15, 0.2) is 11.8 Å². The van der Waals surface area contributed by atoms with Crippen LogP contribution in [0.5, 0.6) is 5.75 Å². The van der Waals surface area contributed by atoms with Gasteiger partial charge in [-0.05, 0) is 37.0 Å². The molecule has 7 heteroatoms. The number of aromatic nitrogens is 1. The van der Waals surface area contributed by atoms with Crippen molar-refractivity contribution in [3.63, 3.8) is 0 Å². The third-order valence-electron chi connectivity index (χ3n) is 3.65. The molecular formula is C18H22N2O4S. The van der Waals surface area contributed by atoms with E-state index in [-0.39, 0.29) is 24.1 Å². The maximum absolute atomic E-state index is 12.3. The minimum atomic E-state index is -1.08. The van der Waals surface area contributed by atoms with Gasteiger partial charge in [-0.1, -0.05) is 26.0 Å². The van der Waals surface area contributed by atoms with Gasteiger partial charge in [-0.3, -0.25) is 4.79 Å². The van der Waals surface area contributed by atoms with E-state index in [1.807, 2.05) is 25.1 Å². The van der Waals surface area contributed by atoms with Gasteiger partial charge in [-0.15, -0.1) is 11.3 Å². The van der Waals surface area contributed by atoms with Crippen molar-refractivity contribution < 1.29 is 19.4 Å². The number of ether oxygens (including phenoxy) is 1. The highest BCUT2D eigenvalue weighted by Gasteiger charge is 2.18. The van der Waals surface area contributed by atoms with Crippen molar-refractivity contribution in [2.45, 2.75) is 46.3 Å². The second-order valence-electron chi connectivity index (χ2n) is 6.11. The molecule has 1 amide bonds. The molecule has 0 aliphatic rings. The molecule has 0 aliphatic carbocycles. The average Bonchev–Trinajstić information content (AvgIpc) is 3.01. The molecule has 1 unspecified atom stereocenters. The molecule has 0 aliphatic heterocycles. The third-order valence-corrected chi connectivity index (χ3v) is 4.50. The topological polar surface area (TPSA) is 88.5 Å². The van der Waals surface area contributed by atoms with Gasteiger partial charge < -0.3 is 15.2 Å². The second-order valence-corrected chi connectivity index (χ2v) is 7.05. The Morgan fingerprint density at radius 1 is 1.32 bits per heavy atom. The summed E-state index contributed by atoms with van der Waals surface area (Å²) in [5.41, 5.74) is 2.10. The van der Waals surface area contributed by atoms with Gasteiger partial charge in [-0.2, -0.15) is 0 Å². The number of carbonyl (C=O) groups excluding carboxylic acids is 1. The van der Waals surface area contributed by atoms with Crippen LogP contribution in [-0.4, -0.2) is 28.1 Å². The van der Waals surface area contributed by atoms with Crippen molar-refractivity contribution in [2.24, 2.45) is 0 Å². The van der Waals surface area contributed by atoms with Crippen molar-refractivity contribution in [3.05, 3.63) is 45.4 Å². The molecule has 0 saturated carbocycles. The molecular weight excluding hydrogens is 340 g/mol. The fraction of sp³-hybridized carbons (Fsp3) is 0.389. The number of nitrogens with zero attached hydrogens (tertiary/aromatic N) is 1. The molecule has 0 saturated heterocycles. The minimum absolute atomic E-state index is 0.0140. The number of nitrogens with one attached hydrogen (secondary N) is 1. The molecule has 2 N–H and O–H groups in total. The van der Waals surface area contributed by atoms with Crippen LogP contribution in [0.4, 0.5) is 0 Å². The van der Waals surface area contributed by atoms with Crippen LogP contribution >= 0.6 is 11.3 Å². The van der Waals surface area contributed by atoms with E-state index in [1.165, 1.54) is 16.7 Å². The number of rotatable bonds is 7. The number of aromatic carboxylic acids is 1. The van der Waals surface area contributed by atoms with Crippen LogP contribution < -0.4 is 10.1 Å². The number of hydrogen-bond acceptors (Lipinski definition) is 5. The molecule has 2 rings (SSSR count). The number of amides is 1. The number of aryl methyl sites for hydroxylation is 1. The van der Waals surface area contributed by atoms with Gasteiger partial charge in [0.2, 0.25) is 0 Å². The molecule has 25 heavy (non-hydrogen) atoms. The molecule has 0 radical (unpaired) electrons. The van der Waals surface area contributed by atoms with Gasteiger partial charge in [0, 0.05) is 5.38 Å². The third kappa shape index (κ3) is 5.03. The van der Waals surface area contributed by atoms with Crippen molar-refractivity contribution >= 4 is 23.2 Å². The first kappa shape index (κ1) is 18.9. The van der Waals surface area contributed by atoms with E-state index in [2.05, 4.69) is 24.1 Å². The van der Waals surface area contributed by atoms with Crippen molar-refractivity contribution in [2.75, 3.05) is 0 Å². The van der Waals surface area contributed by atoms with Crippen LogP contribution in [-0.2, 0) is 11.3 Å². The zero-order valence-corrected chi connectivity index (χ0v) is 15.5. The smallest absolute Gasteiger partial charge is 0.355 e. The van der Waals surface area contributed by atoms with Crippen LogP contribution in [0, 0.1) is 6.92 Å². The van der Waals surface area contributed by atoms with Crippen LogP contribution in [0.2, 0.25) is 0 Å². The Bertz CT molecular complexity index is 770. The highest BCUT2D eigenvalue weighted by atomic mass is 32.1. The van der Waals surface area contributed by atoms with E-state index in [1.54, 1.807) is 6.92 Å². The first-order valence-corrected chi connectivity index (χ1v) is 8.88. The molecule has 2 aromatic rings. The van der Waals surface area contributed by atoms with Crippen LogP contribution in [0.25, 0.3) is 0 Å². The summed E-state index contributed by atoms with van der Waals surface area (Å²) in [6.45, 7) is 7.99. The molecule has 0 fully saturated rings. The number of thiazole rings is 1. The molecule has 6 nitrogen and oxygen atoms in total. The summed E-state index contributed by atoms with van der Waals surface area (Å²) in [6.07, 6.45) is -0.668. The van der Waals surface area contributed by atoms with Crippen LogP contribution in [0.1, 0.15) is 53.3 Å². The lowest BCUT2D eigenvalue weighted by molar-refractivity contribution is -0.127. The second kappa shape index (κ2) is 8.11. The number of carbonyl (C=O) groups is 2. The number of carboxylic acid groups (broad SMARTS) is 1. The highest BCUT2D eigenvalue weighted by Crippen LogP contribution is 2.28. The lowest BCUT2D eigenvalue weighted by Gasteiger charge is -2.19. The zero-order chi connectivity index (χ0) is 18.6. The normalized spacial score (nSPS) is 12.0. The monoisotopic (exact) mass is 362 g/mol. The Balaban J connectivity index is 1.98. The van der Waals surface area contributed by atoms with E-state index >= 15 is 0 Å². The van der Waals surface area contributed by atoms with Gasteiger partial charge in [0.25, 0.3) is 5.91 Å². The summed E-state index contributed by atoms with van der Waals surface area (Å²) >= 11 is 1.20. The average molecular weight is 362 g/mol. The van der Waals surface area contributed by atoms with E-state index < -0.39 is 12.1 Å². The molecule has 134 valence electrons. The molecule has 1 atom stereocenters. The molecule has 1 aromatic carbocycles. The Labute approximate surface area is 150 Å². The van der Waals surface area contributed by atoms with Crippen molar-refractivity contribution in [1.82, 2.24) is 10.3 Å². The molecule has 0 spiro atoms. The summed E-state index contributed by atoms with van der Waals surface area (Å²) in [6, 6.07) is 5.97. The maximum Gasteiger partial charge on any atom is 0.355 e. The van der Waals surface area contributed by atoms with Crippen molar-refractivity contribution in [1.29, 1.82) is 0 Å². The summed E-state index contributed by atoms with van der Waals surface area (Å²) in [5.74, 6) is -0.356. The quantitative estimate of drug-likeness (QED) is 0.788. The summed E-state index contributed by atoms with van der Waals surface area (Å²) in [5, 5.41) is 13.6. The molecule has 0 bridgehead atoms. The Kier molecular flexibility index (Phi) is 6.14. The minimum Gasteiger partial charge on any atom is -0.481 e. The molecule has 1 aromatic heterocycles. The summed E-state index contributed by atoms with van der Waals surface area (Å²) < 4.78 is 5.86. The predicted octanol–water partition coefficient (Wildman–Crippen LogP) is 3.36. The van der Waals surface area contributed by atoms with Crippen molar-refractivity contribution in [3.8, 4) is 5.75 Å². The van der Waals surface area contributed by atoms with E-state index in [0.717, 1.165) is 11.1 Å². The van der Waals surface area contributed by atoms with Gasteiger partial charge in [-0.25, -0.2) is 9.78 Å². The van der Waals surface area contributed by atoms with Crippen LogP contribution in [0.3, 0.4) is 0 Å². The van der Waals surface area contributed by atoms with E-state index in [0.29, 0.717) is 10.8 Å². The SMILES string of the molecule is Cc1ccc(C(C)C)c(OC(C)C(=O)NCc2nc(C(=O)O)cs2)c1. The summed E-state index contributed by atoms with van der Waals surface area (Å²) in [4.78, 5) is 27.0. The fourth-order valence-corrected chi connectivity index (χ4v) is 2.97. The van der Waals surface area contributed by atoms with Gasteiger partial charge >= 0.3 is 5.97 Å². The largest absolute Gasteiger partial charge is 0.481 e.